The van der Waals surface area contributed by atoms with Crippen molar-refractivity contribution in [2.75, 3.05) is 0 Å². The molecule has 10 rings (SSSR count). The maximum Gasteiger partial charge on any atom is 0.0547 e. The molecule has 234 valence electrons. The summed E-state index contributed by atoms with van der Waals surface area (Å²) in [4.78, 5) is 0. The summed E-state index contributed by atoms with van der Waals surface area (Å²) in [5, 5.41) is 5.04. The van der Waals surface area contributed by atoms with E-state index in [9.17, 15) is 0 Å². The lowest BCUT2D eigenvalue weighted by atomic mass is 10.0. The molecule has 0 atom stereocenters. The third-order valence-electron chi connectivity index (χ3n) is 10.1. The lowest BCUT2D eigenvalue weighted by Gasteiger charge is -2.11. The zero-order valence-corrected chi connectivity index (χ0v) is 27.4. The van der Waals surface area contributed by atoms with E-state index < -0.39 is 0 Å². The Morgan fingerprint density at radius 3 is 1.24 bits per heavy atom. The van der Waals surface area contributed by atoms with Crippen LogP contribution in [0, 0.1) is 0 Å². The molecule has 0 saturated heterocycles. The van der Waals surface area contributed by atoms with Crippen LogP contribution in [-0.4, -0.2) is 9.13 Å². The number of nitrogens with zero attached hydrogens (tertiary/aromatic N) is 2. The van der Waals surface area contributed by atoms with Crippen molar-refractivity contribution < 1.29 is 0 Å². The van der Waals surface area contributed by atoms with Crippen LogP contribution in [0.3, 0.4) is 0 Å². The van der Waals surface area contributed by atoms with Crippen molar-refractivity contribution in [2.45, 2.75) is 0 Å². The highest BCUT2D eigenvalue weighted by atomic mass is 15.0. The third-order valence-corrected chi connectivity index (χ3v) is 10.1. The van der Waals surface area contributed by atoms with Gasteiger partial charge in [0, 0.05) is 32.9 Å². The van der Waals surface area contributed by atoms with Crippen LogP contribution in [0.15, 0.2) is 194 Å². The second-order valence-electron chi connectivity index (χ2n) is 13.0. The fraction of sp³-hybridized carbons (Fsp3) is 0. The molecule has 8 aromatic carbocycles. The molecule has 10 aromatic rings. The number of aromatic nitrogens is 2. The Bertz CT molecular complexity index is 2730. The molecule has 2 heteroatoms. The summed E-state index contributed by atoms with van der Waals surface area (Å²) >= 11 is 0. The van der Waals surface area contributed by atoms with Crippen molar-refractivity contribution >= 4 is 43.6 Å². The Morgan fingerprint density at radius 2 is 0.620 bits per heavy atom. The summed E-state index contributed by atoms with van der Waals surface area (Å²) in [6.45, 7) is 0. The van der Waals surface area contributed by atoms with Gasteiger partial charge >= 0.3 is 0 Å². The van der Waals surface area contributed by atoms with Crippen LogP contribution in [0.1, 0.15) is 0 Å². The molecule has 0 fully saturated rings. The predicted molar refractivity (Wildman–Crippen MR) is 211 cm³/mol. The largest absolute Gasteiger partial charge is 0.309 e. The van der Waals surface area contributed by atoms with Gasteiger partial charge in [-0.15, -0.1) is 0 Å². The predicted octanol–water partition coefficient (Wildman–Crippen LogP) is 12.9. The Hall–Kier alpha value is -6.64. The van der Waals surface area contributed by atoms with Crippen molar-refractivity contribution in [2.24, 2.45) is 0 Å². The molecule has 0 aliphatic rings. The Kier molecular flexibility index (Phi) is 6.53. The maximum absolute atomic E-state index is 2.41. The molecule has 0 aliphatic carbocycles. The van der Waals surface area contributed by atoms with E-state index in [0.29, 0.717) is 0 Å². The quantitative estimate of drug-likeness (QED) is 0.178. The van der Waals surface area contributed by atoms with Crippen molar-refractivity contribution in [3.05, 3.63) is 194 Å². The zero-order valence-electron chi connectivity index (χ0n) is 27.4. The van der Waals surface area contributed by atoms with Gasteiger partial charge in [0.15, 0.2) is 0 Å². The Balaban J connectivity index is 1.12. The fourth-order valence-corrected chi connectivity index (χ4v) is 7.73. The first-order valence-electron chi connectivity index (χ1n) is 17.2. The van der Waals surface area contributed by atoms with E-state index in [0.717, 1.165) is 5.69 Å². The van der Waals surface area contributed by atoms with E-state index in [1.807, 2.05) is 0 Å². The lowest BCUT2D eigenvalue weighted by molar-refractivity contribution is 1.18. The van der Waals surface area contributed by atoms with E-state index in [-0.39, 0.29) is 0 Å². The van der Waals surface area contributed by atoms with E-state index in [1.54, 1.807) is 0 Å². The van der Waals surface area contributed by atoms with Gasteiger partial charge in [-0.1, -0.05) is 133 Å². The highest BCUT2D eigenvalue weighted by Crippen LogP contribution is 2.39. The van der Waals surface area contributed by atoms with Crippen molar-refractivity contribution in [3.8, 4) is 44.8 Å². The van der Waals surface area contributed by atoms with Gasteiger partial charge in [0.2, 0.25) is 0 Å². The van der Waals surface area contributed by atoms with Crippen LogP contribution in [0.4, 0.5) is 0 Å². The monoisotopic (exact) mass is 636 g/mol. The van der Waals surface area contributed by atoms with Crippen LogP contribution < -0.4 is 0 Å². The molecule has 0 unspecified atom stereocenters. The summed E-state index contributed by atoms with van der Waals surface area (Å²) < 4.78 is 4.79. The van der Waals surface area contributed by atoms with Gasteiger partial charge in [-0.2, -0.15) is 0 Å². The molecule has 0 aliphatic heterocycles. The van der Waals surface area contributed by atoms with Gasteiger partial charge in [-0.3, -0.25) is 0 Å². The second kappa shape index (κ2) is 11.5. The van der Waals surface area contributed by atoms with Crippen LogP contribution in [0.5, 0.6) is 0 Å². The van der Waals surface area contributed by atoms with Crippen LogP contribution in [0.2, 0.25) is 0 Å². The molecule has 0 amide bonds. The Morgan fingerprint density at radius 1 is 0.220 bits per heavy atom. The highest BCUT2D eigenvalue weighted by molar-refractivity contribution is 6.12. The molecule has 0 N–H and O–H groups in total. The first kappa shape index (κ1) is 28.4. The number of hydrogen-bond acceptors (Lipinski definition) is 0. The second-order valence-corrected chi connectivity index (χ2v) is 13.0. The number of rotatable bonds is 5. The molecular formula is C48H32N2. The molecule has 2 heterocycles. The molecule has 0 saturated carbocycles. The third kappa shape index (κ3) is 4.57. The number of para-hydroxylation sites is 2. The van der Waals surface area contributed by atoms with Crippen LogP contribution in [-0.2, 0) is 0 Å². The van der Waals surface area contributed by atoms with Crippen LogP contribution >= 0.6 is 0 Å². The summed E-state index contributed by atoms with van der Waals surface area (Å²) in [5.74, 6) is 0. The molecule has 0 radical (unpaired) electrons. The zero-order chi connectivity index (χ0) is 33.0. The SMILES string of the molecule is c1ccc(-c2ccc3c(c2)c2cc(-c4ccccc4)ccc2n3-c2ccc(-c3ccc4c5ccccc5n(-c5ccccc5)c4c3)cc2)cc1. The molecule has 0 bridgehead atoms. The minimum Gasteiger partial charge on any atom is -0.309 e. The number of hydrogen-bond donors (Lipinski definition) is 0. The van der Waals surface area contributed by atoms with Gasteiger partial charge in [-0.25, -0.2) is 0 Å². The van der Waals surface area contributed by atoms with Gasteiger partial charge in [0.1, 0.15) is 0 Å². The minimum absolute atomic E-state index is 1.15. The van der Waals surface area contributed by atoms with Gasteiger partial charge in [0.25, 0.3) is 0 Å². The summed E-state index contributed by atoms with van der Waals surface area (Å²) in [6, 6.07) is 70.4. The average Bonchev–Trinajstić information content (AvgIpc) is 3.70. The topological polar surface area (TPSA) is 9.86 Å². The van der Waals surface area contributed by atoms with Gasteiger partial charge < -0.3 is 9.13 Å². The average molecular weight is 637 g/mol. The van der Waals surface area contributed by atoms with E-state index >= 15 is 0 Å². The Labute approximate surface area is 290 Å². The number of benzene rings is 8. The first-order chi connectivity index (χ1) is 24.8. The summed E-state index contributed by atoms with van der Waals surface area (Å²) in [5.41, 5.74) is 14.4. The van der Waals surface area contributed by atoms with Crippen LogP contribution in [0.25, 0.3) is 88.4 Å². The van der Waals surface area contributed by atoms with E-state index in [4.69, 9.17) is 0 Å². The maximum atomic E-state index is 2.41. The van der Waals surface area contributed by atoms with E-state index in [1.165, 1.54) is 82.7 Å². The first-order valence-corrected chi connectivity index (χ1v) is 17.2. The normalized spacial score (nSPS) is 11.6. The lowest BCUT2D eigenvalue weighted by Crippen LogP contribution is -1.94. The van der Waals surface area contributed by atoms with Crippen molar-refractivity contribution in [1.82, 2.24) is 9.13 Å². The minimum atomic E-state index is 1.15. The van der Waals surface area contributed by atoms with Gasteiger partial charge in [-0.05, 0) is 94.0 Å². The van der Waals surface area contributed by atoms with Gasteiger partial charge in [0.05, 0.1) is 22.1 Å². The number of fused-ring (bicyclic) bond motifs is 6. The van der Waals surface area contributed by atoms with Crippen molar-refractivity contribution in [1.29, 1.82) is 0 Å². The van der Waals surface area contributed by atoms with E-state index in [2.05, 4.69) is 203 Å². The smallest absolute Gasteiger partial charge is 0.0547 e. The molecule has 2 aromatic heterocycles. The molecular weight excluding hydrogens is 605 g/mol. The fourth-order valence-electron chi connectivity index (χ4n) is 7.73. The molecule has 2 nitrogen and oxygen atoms in total. The molecule has 0 spiro atoms. The van der Waals surface area contributed by atoms with Crippen molar-refractivity contribution in [3.63, 3.8) is 0 Å². The summed E-state index contributed by atoms with van der Waals surface area (Å²) in [7, 11) is 0. The highest BCUT2D eigenvalue weighted by Gasteiger charge is 2.16. The molecule has 50 heavy (non-hydrogen) atoms. The standard InChI is InChI=1S/C48H32N2/c1-4-12-33(13-5-1)36-23-28-46-43(30-36)44-31-37(34-14-6-2-7-15-34)24-29-47(44)49(46)40-25-20-35(21-26-40)38-22-27-42-41-18-10-11-19-45(41)50(48(42)32-38)39-16-8-3-9-17-39/h1-32H. The summed E-state index contributed by atoms with van der Waals surface area (Å²) in [6.07, 6.45) is 0.